The number of hydrogen-bond donors (Lipinski definition) is 1. The van der Waals surface area contributed by atoms with E-state index in [2.05, 4.69) is 0 Å². The summed E-state index contributed by atoms with van der Waals surface area (Å²) in [5.41, 5.74) is 5.72. The molecule has 1 rings (SSSR count). The van der Waals surface area contributed by atoms with Gasteiger partial charge in [0.1, 0.15) is 5.69 Å². The molecule has 5 nitrogen and oxygen atoms in total. The van der Waals surface area contributed by atoms with E-state index in [1.807, 2.05) is 0 Å². The van der Waals surface area contributed by atoms with Gasteiger partial charge < -0.3 is 10.6 Å². The number of hydrogen-bond acceptors (Lipinski definition) is 4. The number of anilines is 1. The molecule has 1 aromatic carbocycles. The highest BCUT2D eigenvalue weighted by molar-refractivity contribution is 6.42. The molecule has 2 N–H and O–H groups in total. The Hall–Kier alpha value is -1.04. The number of nitro groups is 1. The average Bonchev–Trinajstić information content (AvgIpc) is 2.21. The molecule has 0 aromatic heterocycles. The second kappa shape index (κ2) is 5.34. The average molecular weight is 264 g/mol. The van der Waals surface area contributed by atoms with Gasteiger partial charge >= 0.3 is 0 Å². The molecule has 1 aromatic rings. The first-order valence-corrected chi connectivity index (χ1v) is 5.27. The van der Waals surface area contributed by atoms with Gasteiger partial charge in [-0.2, -0.15) is 0 Å². The van der Waals surface area contributed by atoms with E-state index in [0.717, 1.165) is 0 Å². The molecule has 0 fully saturated rings. The van der Waals surface area contributed by atoms with E-state index >= 15 is 0 Å². The van der Waals surface area contributed by atoms with E-state index in [0.29, 0.717) is 18.8 Å². The van der Waals surface area contributed by atoms with Gasteiger partial charge in [0.15, 0.2) is 0 Å². The molecule has 0 heterocycles. The highest BCUT2D eigenvalue weighted by atomic mass is 35.5. The van der Waals surface area contributed by atoms with Crippen LogP contribution in [0.2, 0.25) is 10.0 Å². The second-order valence-electron chi connectivity index (χ2n) is 3.22. The molecule has 0 saturated heterocycles. The van der Waals surface area contributed by atoms with Crippen molar-refractivity contribution in [1.82, 2.24) is 0 Å². The molecule has 0 atom stereocenters. The maximum Gasteiger partial charge on any atom is 0.294 e. The minimum atomic E-state index is -0.495. The Labute approximate surface area is 103 Å². The smallest absolute Gasteiger partial charge is 0.294 e. The molecule has 16 heavy (non-hydrogen) atoms. The van der Waals surface area contributed by atoms with Crippen molar-refractivity contribution in [1.29, 1.82) is 0 Å². The Morgan fingerprint density at radius 3 is 2.50 bits per heavy atom. The highest BCUT2D eigenvalue weighted by Crippen LogP contribution is 2.35. The number of benzene rings is 1. The first-order valence-electron chi connectivity index (χ1n) is 4.52. The third kappa shape index (κ3) is 2.75. The summed E-state index contributed by atoms with van der Waals surface area (Å²) < 4.78 is 0. The molecule has 7 heteroatoms. The van der Waals surface area contributed by atoms with Crippen molar-refractivity contribution in [3.63, 3.8) is 0 Å². The standard InChI is InChI=1S/C9H11Cl2N3O2/c1-13(3-2-12)8-4-6(10)7(11)5-9(8)14(15)16/h4-5H,2-3,12H2,1H3. The van der Waals surface area contributed by atoms with Crippen LogP contribution in [0.3, 0.4) is 0 Å². The van der Waals surface area contributed by atoms with Gasteiger partial charge in [0.2, 0.25) is 0 Å². The van der Waals surface area contributed by atoms with Crippen LogP contribution in [0, 0.1) is 10.1 Å². The van der Waals surface area contributed by atoms with Crippen molar-refractivity contribution >= 4 is 34.6 Å². The van der Waals surface area contributed by atoms with E-state index in [-0.39, 0.29) is 15.7 Å². The predicted molar refractivity (Wildman–Crippen MR) is 65.4 cm³/mol. The summed E-state index contributed by atoms with van der Waals surface area (Å²) in [4.78, 5) is 12.0. The van der Waals surface area contributed by atoms with Crippen molar-refractivity contribution in [2.45, 2.75) is 0 Å². The van der Waals surface area contributed by atoms with E-state index in [1.165, 1.54) is 12.1 Å². The van der Waals surface area contributed by atoms with E-state index in [1.54, 1.807) is 11.9 Å². The van der Waals surface area contributed by atoms with Gasteiger partial charge in [-0.05, 0) is 6.07 Å². The fourth-order valence-electron chi connectivity index (χ4n) is 1.29. The first-order chi connectivity index (χ1) is 7.47. The lowest BCUT2D eigenvalue weighted by Crippen LogP contribution is -2.25. The number of nitrogens with zero attached hydrogens (tertiary/aromatic N) is 2. The van der Waals surface area contributed by atoms with Crippen molar-refractivity contribution < 1.29 is 4.92 Å². The zero-order valence-corrected chi connectivity index (χ0v) is 10.1. The fraction of sp³-hybridized carbons (Fsp3) is 0.333. The highest BCUT2D eigenvalue weighted by Gasteiger charge is 2.19. The minimum absolute atomic E-state index is 0.0784. The Morgan fingerprint density at radius 1 is 1.44 bits per heavy atom. The van der Waals surface area contributed by atoms with Gasteiger partial charge in [-0.15, -0.1) is 0 Å². The maximum atomic E-state index is 10.8. The molecule has 0 unspecified atom stereocenters. The van der Waals surface area contributed by atoms with Crippen LogP contribution >= 0.6 is 23.2 Å². The van der Waals surface area contributed by atoms with Crippen LogP contribution in [0.25, 0.3) is 0 Å². The number of likely N-dealkylation sites (N-methyl/N-ethyl adjacent to an activating group) is 1. The molecular formula is C9H11Cl2N3O2. The van der Waals surface area contributed by atoms with Crippen LogP contribution in [-0.4, -0.2) is 25.1 Å². The Balaban J connectivity index is 3.24. The van der Waals surface area contributed by atoms with Gasteiger partial charge in [0.25, 0.3) is 5.69 Å². The molecular weight excluding hydrogens is 253 g/mol. The zero-order valence-electron chi connectivity index (χ0n) is 8.61. The molecule has 0 saturated carbocycles. The molecule has 0 aliphatic carbocycles. The van der Waals surface area contributed by atoms with Crippen LogP contribution in [0.4, 0.5) is 11.4 Å². The lowest BCUT2D eigenvalue weighted by Gasteiger charge is -2.18. The SMILES string of the molecule is CN(CCN)c1cc(Cl)c(Cl)cc1[N+](=O)[O-]. The van der Waals surface area contributed by atoms with Crippen LogP contribution < -0.4 is 10.6 Å². The summed E-state index contributed by atoms with van der Waals surface area (Å²) in [5.74, 6) is 0. The fourth-order valence-corrected chi connectivity index (χ4v) is 1.61. The zero-order chi connectivity index (χ0) is 12.3. The summed E-state index contributed by atoms with van der Waals surface area (Å²) in [6, 6.07) is 2.71. The first kappa shape index (κ1) is 13.0. The van der Waals surface area contributed by atoms with Crippen LogP contribution in [-0.2, 0) is 0 Å². The Morgan fingerprint density at radius 2 is 2.00 bits per heavy atom. The number of rotatable bonds is 4. The minimum Gasteiger partial charge on any atom is -0.368 e. The normalized spacial score (nSPS) is 10.2. The summed E-state index contributed by atoms with van der Waals surface area (Å²) in [6.45, 7) is 0.896. The van der Waals surface area contributed by atoms with Crippen molar-refractivity contribution in [3.05, 3.63) is 32.3 Å². The van der Waals surface area contributed by atoms with Crippen LogP contribution in [0.1, 0.15) is 0 Å². The molecule has 0 aliphatic rings. The predicted octanol–water partition coefficient (Wildman–Crippen LogP) is 2.30. The van der Waals surface area contributed by atoms with E-state index in [4.69, 9.17) is 28.9 Å². The monoisotopic (exact) mass is 263 g/mol. The molecule has 88 valence electrons. The van der Waals surface area contributed by atoms with Gasteiger partial charge in [-0.1, -0.05) is 23.2 Å². The summed E-state index contributed by atoms with van der Waals surface area (Å²) in [7, 11) is 1.71. The maximum absolute atomic E-state index is 10.8. The lowest BCUT2D eigenvalue weighted by molar-refractivity contribution is -0.384. The van der Waals surface area contributed by atoms with Crippen molar-refractivity contribution in [3.8, 4) is 0 Å². The summed E-state index contributed by atoms with van der Waals surface area (Å²) >= 11 is 11.6. The van der Waals surface area contributed by atoms with Crippen LogP contribution in [0.5, 0.6) is 0 Å². The van der Waals surface area contributed by atoms with Gasteiger partial charge in [0, 0.05) is 26.2 Å². The molecule has 0 radical (unpaired) electrons. The molecule has 0 aliphatic heterocycles. The Bertz CT molecular complexity index is 412. The number of nitrogens with two attached hydrogens (primary N) is 1. The number of nitro benzene ring substituents is 1. The van der Waals surface area contributed by atoms with E-state index < -0.39 is 4.92 Å². The summed E-state index contributed by atoms with van der Waals surface area (Å²) in [6.07, 6.45) is 0. The third-order valence-corrected chi connectivity index (χ3v) is 2.81. The van der Waals surface area contributed by atoms with Crippen molar-refractivity contribution in [2.24, 2.45) is 5.73 Å². The van der Waals surface area contributed by atoms with Gasteiger partial charge in [-0.25, -0.2) is 0 Å². The molecule has 0 bridgehead atoms. The molecule has 0 spiro atoms. The lowest BCUT2D eigenvalue weighted by atomic mass is 10.2. The Kier molecular flexibility index (Phi) is 4.35. The van der Waals surface area contributed by atoms with Crippen molar-refractivity contribution in [2.75, 3.05) is 25.0 Å². The topological polar surface area (TPSA) is 72.4 Å². The quantitative estimate of drug-likeness (QED) is 0.669. The summed E-state index contributed by atoms with van der Waals surface area (Å²) in [5, 5.41) is 11.3. The second-order valence-corrected chi connectivity index (χ2v) is 4.04. The third-order valence-electron chi connectivity index (χ3n) is 2.09. The molecule has 0 amide bonds. The van der Waals surface area contributed by atoms with E-state index in [9.17, 15) is 10.1 Å². The van der Waals surface area contributed by atoms with Gasteiger partial charge in [0.05, 0.1) is 15.0 Å². The van der Waals surface area contributed by atoms with Crippen LogP contribution in [0.15, 0.2) is 12.1 Å². The van der Waals surface area contributed by atoms with Gasteiger partial charge in [-0.3, -0.25) is 10.1 Å². The number of halogens is 2. The largest absolute Gasteiger partial charge is 0.368 e.